The molecule has 0 unspecified atom stereocenters. The lowest BCUT2D eigenvalue weighted by atomic mass is 9.95. The van der Waals surface area contributed by atoms with E-state index in [0.29, 0.717) is 0 Å². The Balaban J connectivity index is 2.79. The topological polar surface area (TPSA) is 112 Å². The van der Waals surface area contributed by atoms with Crippen molar-refractivity contribution in [3.63, 3.8) is 0 Å². The van der Waals surface area contributed by atoms with Crippen LogP contribution in [0.4, 0.5) is 0 Å². The van der Waals surface area contributed by atoms with E-state index in [4.69, 9.17) is 18.9 Å². The van der Waals surface area contributed by atoms with E-state index in [9.17, 15) is 19.8 Å². The zero-order valence-electron chi connectivity index (χ0n) is 15.9. The maximum absolute atomic E-state index is 12.1. The molecule has 0 bridgehead atoms. The summed E-state index contributed by atoms with van der Waals surface area (Å²) in [6.45, 7) is 9.83. The summed E-state index contributed by atoms with van der Waals surface area (Å²) >= 11 is 0. The van der Waals surface area contributed by atoms with Crippen LogP contribution >= 0.6 is 0 Å². The fourth-order valence-corrected chi connectivity index (χ4v) is 2.03. The van der Waals surface area contributed by atoms with Crippen molar-refractivity contribution in [2.75, 3.05) is 13.7 Å². The summed E-state index contributed by atoms with van der Waals surface area (Å²) in [4.78, 5) is 23.9. The van der Waals surface area contributed by atoms with E-state index >= 15 is 0 Å². The number of aliphatic hydroxyl groups excluding tert-OH is 2. The van der Waals surface area contributed by atoms with Gasteiger partial charge in [-0.1, -0.05) is 0 Å². The third kappa shape index (κ3) is 5.64. The summed E-state index contributed by atoms with van der Waals surface area (Å²) in [5.41, 5.74) is -1.49. The van der Waals surface area contributed by atoms with Gasteiger partial charge in [-0.05, 0) is 41.5 Å². The van der Waals surface area contributed by atoms with Gasteiger partial charge in [-0.25, -0.2) is 0 Å². The highest BCUT2D eigenvalue weighted by Crippen LogP contribution is 2.27. The molecule has 0 aromatic rings. The van der Waals surface area contributed by atoms with E-state index in [0.717, 1.165) is 0 Å². The van der Waals surface area contributed by atoms with Crippen LogP contribution < -0.4 is 0 Å². The number of rotatable bonds is 4. The molecular formula is C17H30O8. The second-order valence-electron chi connectivity index (χ2n) is 8.23. The minimum absolute atomic E-state index is 0.256. The Bertz CT molecular complexity index is 472. The van der Waals surface area contributed by atoms with Crippen molar-refractivity contribution in [2.45, 2.75) is 72.2 Å². The zero-order chi connectivity index (χ0) is 19.6. The predicted molar refractivity (Wildman–Crippen MR) is 87.4 cm³/mol. The Morgan fingerprint density at radius 2 is 1.48 bits per heavy atom. The summed E-state index contributed by atoms with van der Waals surface area (Å²) in [6, 6.07) is 0. The fourth-order valence-electron chi connectivity index (χ4n) is 2.03. The lowest BCUT2D eigenvalue weighted by molar-refractivity contribution is -0.300. The molecule has 25 heavy (non-hydrogen) atoms. The van der Waals surface area contributed by atoms with Crippen molar-refractivity contribution in [3.8, 4) is 0 Å². The van der Waals surface area contributed by atoms with Crippen LogP contribution in [0, 0.1) is 10.8 Å². The van der Waals surface area contributed by atoms with Crippen molar-refractivity contribution < 1.29 is 38.7 Å². The van der Waals surface area contributed by atoms with Gasteiger partial charge in [0.15, 0.2) is 12.4 Å². The number of aliphatic hydroxyl groups is 2. The molecule has 1 aliphatic rings. The van der Waals surface area contributed by atoms with E-state index in [1.54, 1.807) is 41.5 Å². The molecule has 0 aliphatic carbocycles. The standard InChI is InChI=1S/C17H30O8/c1-16(2,3)14(20)23-8-9-10(18)11(19)12(13(22-7)24-9)25-15(21)17(4,5)6/h9-13,18-19H,8H2,1-7H3/t9-,10-,11+,12+,13+/m1/s1. The molecule has 0 radical (unpaired) electrons. The van der Waals surface area contributed by atoms with Gasteiger partial charge < -0.3 is 29.2 Å². The molecule has 2 N–H and O–H groups in total. The van der Waals surface area contributed by atoms with Gasteiger partial charge in [-0.3, -0.25) is 9.59 Å². The molecule has 1 heterocycles. The van der Waals surface area contributed by atoms with Crippen LogP contribution in [0.2, 0.25) is 0 Å². The van der Waals surface area contributed by atoms with E-state index in [1.807, 2.05) is 0 Å². The van der Waals surface area contributed by atoms with E-state index in [2.05, 4.69) is 0 Å². The molecule has 0 spiro atoms. The van der Waals surface area contributed by atoms with Gasteiger partial charge in [-0.2, -0.15) is 0 Å². The van der Waals surface area contributed by atoms with Gasteiger partial charge in [0.25, 0.3) is 0 Å². The van der Waals surface area contributed by atoms with Gasteiger partial charge in [0, 0.05) is 7.11 Å². The molecule has 1 rings (SSSR count). The molecule has 5 atom stereocenters. The average Bonchev–Trinajstić information content (AvgIpc) is 2.48. The molecule has 0 amide bonds. The van der Waals surface area contributed by atoms with Crippen LogP contribution in [0.25, 0.3) is 0 Å². The summed E-state index contributed by atoms with van der Waals surface area (Å²) in [7, 11) is 1.32. The zero-order valence-corrected chi connectivity index (χ0v) is 15.9. The molecule has 0 saturated carbocycles. The van der Waals surface area contributed by atoms with Crippen LogP contribution in [0.3, 0.4) is 0 Å². The minimum Gasteiger partial charge on any atom is -0.462 e. The van der Waals surface area contributed by atoms with Crippen LogP contribution in [0.1, 0.15) is 41.5 Å². The van der Waals surface area contributed by atoms with Gasteiger partial charge in [0.05, 0.1) is 10.8 Å². The molecule has 8 heteroatoms. The van der Waals surface area contributed by atoms with Gasteiger partial charge >= 0.3 is 11.9 Å². The van der Waals surface area contributed by atoms with Crippen LogP contribution in [0.5, 0.6) is 0 Å². The van der Waals surface area contributed by atoms with E-state index in [1.165, 1.54) is 7.11 Å². The Morgan fingerprint density at radius 1 is 0.960 bits per heavy atom. The number of hydrogen-bond acceptors (Lipinski definition) is 8. The molecule has 0 aromatic heterocycles. The number of ether oxygens (including phenoxy) is 4. The minimum atomic E-state index is -1.44. The SMILES string of the molecule is CO[C@H]1O[C@H](COC(=O)C(C)(C)C)[C@@H](O)[C@H](O)[C@@H]1OC(=O)C(C)(C)C. The number of esters is 2. The van der Waals surface area contributed by atoms with Crippen molar-refractivity contribution in [2.24, 2.45) is 10.8 Å². The van der Waals surface area contributed by atoms with Crippen molar-refractivity contribution >= 4 is 11.9 Å². The molecule has 1 aliphatic heterocycles. The quantitative estimate of drug-likeness (QED) is 0.701. The van der Waals surface area contributed by atoms with Crippen molar-refractivity contribution in [1.29, 1.82) is 0 Å². The smallest absolute Gasteiger partial charge is 0.311 e. The lowest BCUT2D eigenvalue weighted by Gasteiger charge is -2.41. The maximum Gasteiger partial charge on any atom is 0.311 e. The summed E-state index contributed by atoms with van der Waals surface area (Å²) in [6.07, 6.45) is -6.14. The third-order valence-electron chi connectivity index (χ3n) is 3.72. The van der Waals surface area contributed by atoms with E-state index in [-0.39, 0.29) is 6.61 Å². The highest BCUT2D eigenvalue weighted by molar-refractivity contribution is 5.76. The molecule has 1 saturated heterocycles. The Kier molecular flexibility index (Phi) is 6.97. The van der Waals surface area contributed by atoms with Crippen LogP contribution in [0.15, 0.2) is 0 Å². The summed E-state index contributed by atoms with van der Waals surface area (Å²) in [5.74, 6) is -1.03. The average molecular weight is 362 g/mol. The maximum atomic E-state index is 12.1. The number of hydrogen-bond donors (Lipinski definition) is 2. The Labute approximate surface area is 148 Å². The lowest BCUT2D eigenvalue weighted by Crippen LogP contribution is -2.61. The highest BCUT2D eigenvalue weighted by Gasteiger charge is 2.48. The summed E-state index contributed by atoms with van der Waals surface area (Å²) in [5, 5.41) is 20.6. The number of carbonyl (C=O) groups is 2. The first kappa shape index (κ1) is 21.8. The predicted octanol–water partition coefficient (Wildman–Crippen LogP) is 0.627. The first-order valence-electron chi connectivity index (χ1n) is 8.21. The largest absolute Gasteiger partial charge is 0.462 e. The normalized spacial score (nSPS) is 30.7. The molecule has 8 nitrogen and oxygen atoms in total. The Morgan fingerprint density at radius 3 is 1.92 bits per heavy atom. The first-order chi connectivity index (χ1) is 11.3. The molecule has 1 fully saturated rings. The van der Waals surface area contributed by atoms with E-state index < -0.39 is 53.5 Å². The Hall–Kier alpha value is -1.22. The fraction of sp³-hybridized carbons (Fsp3) is 0.882. The van der Waals surface area contributed by atoms with Gasteiger partial charge in [0.2, 0.25) is 0 Å². The second-order valence-corrected chi connectivity index (χ2v) is 8.23. The molecular weight excluding hydrogens is 332 g/mol. The second kappa shape index (κ2) is 7.99. The molecule has 0 aromatic carbocycles. The molecule has 146 valence electrons. The summed E-state index contributed by atoms with van der Waals surface area (Å²) < 4.78 is 21.0. The first-order valence-corrected chi connectivity index (χ1v) is 8.21. The highest BCUT2D eigenvalue weighted by atomic mass is 16.7. The van der Waals surface area contributed by atoms with Crippen LogP contribution in [-0.2, 0) is 28.5 Å². The van der Waals surface area contributed by atoms with Gasteiger partial charge in [0.1, 0.15) is 24.9 Å². The van der Waals surface area contributed by atoms with Crippen molar-refractivity contribution in [1.82, 2.24) is 0 Å². The van der Waals surface area contributed by atoms with Crippen molar-refractivity contribution in [3.05, 3.63) is 0 Å². The third-order valence-corrected chi connectivity index (χ3v) is 3.72. The van der Waals surface area contributed by atoms with Gasteiger partial charge in [-0.15, -0.1) is 0 Å². The van der Waals surface area contributed by atoms with Crippen LogP contribution in [-0.4, -0.2) is 66.6 Å². The number of methoxy groups -OCH3 is 1. The monoisotopic (exact) mass is 362 g/mol. The number of carbonyl (C=O) groups excluding carboxylic acids is 2.